The van der Waals surface area contributed by atoms with Gasteiger partial charge in [-0.3, -0.25) is 9.78 Å². The molecule has 106 valence electrons. The van der Waals surface area contributed by atoms with E-state index in [2.05, 4.69) is 4.98 Å². The van der Waals surface area contributed by atoms with Gasteiger partial charge in [0.2, 0.25) is 0 Å². The summed E-state index contributed by atoms with van der Waals surface area (Å²) in [5.41, 5.74) is 1.94. The maximum absolute atomic E-state index is 12.6. The van der Waals surface area contributed by atoms with Crippen LogP contribution < -0.4 is 0 Å². The predicted molar refractivity (Wildman–Crippen MR) is 83.7 cm³/mol. The second-order valence-corrected chi connectivity index (χ2v) is 5.66. The third-order valence-corrected chi connectivity index (χ3v) is 4.10. The highest BCUT2D eigenvalue weighted by molar-refractivity contribution is 7.12. The number of hydrogen-bond acceptors (Lipinski definition) is 3. The third kappa shape index (κ3) is 2.87. The standard InChI is InChI=1S/C16H15N3OS/c1-18(12-13-5-4-7-17-11-13)16(20)15-14(6-10-21-15)19-8-2-3-9-19/h2-11H,12H2,1H3. The number of hydrogen-bond donors (Lipinski definition) is 0. The van der Waals surface area contributed by atoms with Crippen molar-refractivity contribution in [2.75, 3.05) is 7.05 Å². The number of rotatable bonds is 4. The highest BCUT2D eigenvalue weighted by Gasteiger charge is 2.18. The zero-order chi connectivity index (χ0) is 14.7. The Morgan fingerprint density at radius 3 is 2.81 bits per heavy atom. The summed E-state index contributed by atoms with van der Waals surface area (Å²) in [5.74, 6) is 0.0255. The van der Waals surface area contributed by atoms with Gasteiger partial charge in [0, 0.05) is 38.4 Å². The smallest absolute Gasteiger partial charge is 0.266 e. The van der Waals surface area contributed by atoms with Crippen molar-refractivity contribution < 1.29 is 4.79 Å². The summed E-state index contributed by atoms with van der Waals surface area (Å²) in [7, 11) is 1.81. The molecule has 3 aromatic rings. The molecule has 3 heterocycles. The number of carbonyl (C=O) groups excluding carboxylic acids is 1. The third-order valence-electron chi connectivity index (χ3n) is 3.21. The number of aromatic nitrogens is 2. The van der Waals surface area contributed by atoms with Gasteiger partial charge in [-0.1, -0.05) is 6.07 Å². The lowest BCUT2D eigenvalue weighted by atomic mass is 10.2. The Hall–Kier alpha value is -2.40. The summed E-state index contributed by atoms with van der Waals surface area (Å²) in [6.07, 6.45) is 7.40. The Morgan fingerprint density at radius 1 is 1.29 bits per heavy atom. The van der Waals surface area contributed by atoms with E-state index in [4.69, 9.17) is 0 Å². The van der Waals surface area contributed by atoms with Crippen molar-refractivity contribution in [1.29, 1.82) is 0 Å². The minimum atomic E-state index is 0.0255. The summed E-state index contributed by atoms with van der Waals surface area (Å²) in [6, 6.07) is 9.72. The van der Waals surface area contributed by atoms with Crippen molar-refractivity contribution in [3.8, 4) is 5.69 Å². The van der Waals surface area contributed by atoms with Gasteiger partial charge >= 0.3 is 0 Å². The lowest BCUT2D eigenvalue weighted by molar-refractivity contribution is 0.0790. The molecule has 0 radical (unpaired) electrons. The van der Waals surface area contributed by atoms with Crippen molar-refractivity contribution in [2.24, 2.45) is 0 Å². The van der Waals surface area contributed by atoms with Crippen molar-refractivity contribution in [1.82, 2.24) is 14.5 Å². The zero-order valence-electron chi connectivity index (χ0n) is 11.6. The van der Waals surface area contributed by atoms with Crippen molar-refractivity contribution in [3.05, 3.63) is 70.9 Å². The van der Waals surface area contributed by atoms with E-state index in [1.54, 1.807) is 17.3 Å². The molecule has 0 N–H and O–H groups in total. The normalized spacial score (nSPS) is 10.5. The number of nitrogens with zero attached hydrogens (tertiary/aromatic N) is 3. The number of thiophene rings is 1. The summed E-state index contributed by atoms with van der Waals surface area (Å²) in [4.78, 5) is 19.2. The lowest BCUT2D eigenvalue weighted by Gasteiger charge is -2.17. The fourth-order valence-electron chi connectivity index (χ4n) is 2.17. The average molecular weight is 297 g/mol. The van der Waals surface area contributed by atoms with Crippen LogP contribution >= 0.6 is 11.3 Å². The van der Waals surface area contributed by atoms with E-state index < -0.39 is 0 Å². The van der Waals surface area contributed by atoms with Crippen LogP contribution in [0, 0.1) is 0 Å². The Balaban J connectivity index is 1.81. The van der Waals surface area contributed by atoms with Gasteiger partial charge in [0.25, 0.3) is 5.91 Å². The molecule has 0 aliphatic carbocycles. The van der Waals surface area contributed by atoms with Crippen LogP contribution in [-0.2, 0) is 6.54 Å². The number of carbonyl (C=O) groups is 1. The largest absolute Gasteiger partial charge is 0.337 e. The Bertz CT molecular complexity index is 719. The molecule has 1 amide bonds. The fourth-order valence-corrected chi connectivity index (χ4v) is 3.06. The molecular formula is C16H15N3OS. The van der Waals surface area contributed by atoms with Crippen LogP contribution in [0.3, 0.4) is 0 Å². The minimum Gasteiger partial charge on any atom is -0.337 e. The molecule has 3 aromatic heterocycles. The molecule has 0 atom stereocenters. The van der Waals surface area contributed by atoms with E-state index in [1.165, 1.54) is 11.3 Å². The number of pyridine rings is 1. The van der Waals surface area contributed by atoms with Crippen molar-refractivity contribution in [3.63, 3.8) is 0 Å². The molecule has 21 heavy (non-hydrogen) atoms. The summed E-state index contributed by atoms with van der Waals surface area (Å²) < 4.78 is 1.96. The monoisotopic (exact) mass is 297 g/mol. The average Bonchev–Trinajstić information content (AvgIpc) is 3.18. The molecule has 4 nitrogen and oxygen atoms in total. The van der Waals surface area contributed by atoms with Crippen LogP contribution in [-0.4, -0.2) is 27.4 Å². The van der Waals surface area contributed by atoms with Crippen LogP contribution in [0.5, 0.6) is 0 Å². The van der Waals surface area contributed by atoms with Crippen molar-refractivity contribution in [2.45, 2.75) is 6.54 Å². The molecule has 3 rings (SSSR count). The van der Waals surface area contributed by atoms with E-state index in [0.717, 1.165) is 16.1 Å². The van der Waals surface area contributed by atoms with Gasteiger partial charge in [-0.25, -0.2) is 0 Å². The van der Waals surface area contributed by atoms with Crippen LogP contribution in [0.4, 0.5) is 0 Å². The van der Waals surface area contributed by atoms with Gasteiger partial charge in [0.05, 0.1) is 5.69 Å². The molecule has 5 heteroatoms. The van der Waals surface area contributed by atoms with E-state index in [0.29, 0.717) is 6.54 Å². The SMILES string of the molecule is CN(Cc1cccnc1)C(=O)c1sccc1-n1cccc1. The molecule has 0 saturated heterocycles. The van der Waals surface area contributed by atoms with E-state index in [1.807, 2.05) is 59.7 Å². The van der Waals surface area contributed by atoms with Gasteiger partial charge in [-0.2, -0.15) is 0 Å². The van der Waals surface area contributed by atoms with Gasteiger partial charge in [-0.15, -0.1) is 11.3 Å². The summed E-state index contributed by atoms with van der Waals surface area (Å²) in [6.45, 7) is 0.551. The Labute approximate surface area is 127 Å². The molecule has 0 saturated carbocycles. The first-order valence-corrected chi connectivity index (χ1v) is 7.49. The zero-order valence-corrected chi connectivity index (χ0v) is 12.5. The van der Waals surface area contributed by atoms with Gasteiger partial charge in [0.15, 0.2) is 0 Å². The number of amides is 1. The minimum absolute atomic E-state index is 0.0255. The van der Waals surface area contributed by atoms with Crippen LogP contribution in [0.15, 0.2) is 60.5 Å². The molecular weight excluding hydrogens is 282 g/mol. The molecule has 0 unspecified atom stereocenters. The predicted octanol–water partition coefficient (Wildman–Crippen LogP) is 3.21. The van der Waals surface area contributed by atoms with Crippen LogP contribution in [0.1, 0.15) is 15.2 Å². The Kier molecular flexibility index (Phi) is 3.83. The fraction of sp³-hybridized carbons (Fsp3) is 0.125. The maximum atomic E-state index is 12.6. The Morgan fingerprint density at radius 2 is 2.10 bits per heavy atom. The van der Waals surface area contributed by atoms with Gasteiger partial charge in [0.1, 0.15) is 4.88 Å². The highest BCUT2D eigenvalue weighted by Crippen LogP contribution is 2.23. The topological polar surface area (TPSA) is 38.1 Å². The van der Waals surface area contributed by atoms with E-state index >= 15 is 0 Å². The summed E-state index contributed by atoms with van der Waals surface area (Å²) in [5, 5.41) is 1.94. The quantitative estimate of drug-likeness (QED) is 0.741. The molecule has 0 fully saturated rings. The first kappa shape index (κ1) is 13.6. The van der Waals surface area contributed by atoms with Gasteiger partial charge in [-0.05, 0) is 35.2 Å². The molecule has 0 bridgehead atoms. The van der Waals surface area contributed by atoms with Gasteiger partial charge < -0.3 is 9.47 Å². The molecule has 0 aromatic carbocycles. The van der Waals surface area contributed by atoms with E-state index in [-0.39, 0.29) is 5.91 Å². The molecule has 0 spiro atoms. The first-order chi connectivity index (χ1) is 10.3. The molecule has 0 aliphatic heterocycles. The maximum Gasteiger partial charge on any atom is 0.266 e. The summed E-state index contributed by atoms with van der Waals surface area (Å²) >= 11 is 1.47. The van der Waals surface area contributed by atoms with Crippen molar-refractivity contribution >= 4 is 17.2 Å². The molecule has 0 aliphatic rings. The van der Waals surface area contributed by atoms with E-state index in [9.17, 15) is 4.79 Å². The second-order valence-electron chi connectivity index (χ2n) is 4.75. The second kappa shape index (κ2) is 5.93. The lowest BCUT2D eigenvalue weighted by Crippen LogP contribution is -2.26. The first-order valence-electron chi connectivity index (χ1n) is 6.61. The van der Waals surface area contributed by atoms with Crippen LogP contribution in [0.25, 0.3) is 5.69 Å². The highest BCUT2D eigenvalue weighted by atomic mass is 32.1. The van der Waals surface area contributed by atoms with Crippen LogP contribution in [0.2, 0.25) is 0 Å².